The van der Waals surface area contributed by atoms with Crippen molar-refractivity contribution >= 4 is 0 Å². The first kappa shape index (κ1) is 14.6. The van der Waals surface area contributed by atoms with Crippen molar-refractivity contribution in [2.75, 3.05) is 0 Å². The fraction of sp³-hybridized carbons (Fsp3) is 0.684. The van der Waals surface area contributed by atoms with Gasteiger partial charge in [-0.2, -0.15) is 0 Å². The normalized spacial score (nSPS) is 24.1. The van der Waals surface area contributed by atoms with E-state index in [9.17, 15) is 0 Å². The molecule has 0 spiro atoms. The molecule has 1 aliphatic rings. The Kier molecular flexibility index (Phi) is 4.38. The largest absolute Gasteiger partial charge is 0.0625 e. The van der Waals surface area contributed by atoms with Gasteiger partial charge in [-0.05, 0) is 60.0 Å². The van der Waals surface area contributed by atoms with Crippen molar-refractivity contribution in [1.29, 1.82) is 0 Å². The highest BCUT2D eigenvalue weighted by Crippen LogP contribution is 2.41. The lowest BCUT2D eigenvalue weighted by Gasteiger charge is -2.20. The van der Waals surface area contributed by atoms with Gasteiger partial charge in [-0.3, -0.25) is 0 Å². The first-order valence-electron chi connectivity index (χ1n) is 7.94. The third kappa shape index (κ3) is 4.09. The van der Waals surface area contributed by atoms with Gasteiger partial charge in [0.2, 0.25) is 0 Å². The van der Waals surface area contributed by atoms with Crippen molar-refractivity contribution in [2.24, 2.45) is 17.3 Å². The van der Waals surface area contributed by atoms with Crippen molar-refractivity contribution in [3.8, 4) is 0 Å². The summed E-state index contributed by atoms with van der Waals surface area (Å²) < 4.78 is 0. The molecule has 0 amide bonds. The maximum atomic E-state index is 2.47. The first-order chi connectivity index (χ1) is 8.85. The maximum Gasteiger partial charge on any atom is -0.0159 e. The van der Waals surface area contributed by atoms with E-state index >= 15 is 0 Å². The minimum atomic E-state index is 0.384. The number of hydrogen-bond acceptors (Lipinski definition) is 0. The Balaban J connectivity index is 2.07. The topological polar surface area (TPSA) is 0 Å². The van der Waals surface area contributed by atoms with Crippen molar-refractivity contribution < 1.29 is 0 Å². The highest BCUT2D eigenvalue weighted by Gasteiger charge is 2.27. The van der Waals surface area contributed by atoms with Gasteiger partial charge in [0.1, 0.15) is 0 Å². The molecule has 0 bridgehead atoms. The van der Waals surface area contributed by atoms with E-state index in [0.29, 0.717) is 5.41 Å². The zero-order valence-corrected chi connectivity index (χ0v) is 13.4. The van der Waals surface area contributed by atoms with Crippen LogP contribution >= 0.6 is 0 Å². The Bertz CT molecular complexity index is 408. The summed E-state index contributed by atoms with van der Waals surface area (Å²) in [4.78, 5) is 0. The van der Waals surface area contributed by atoms with Crippen molar-refractivity contribution in [1.82, 2.24) is 0 Å². The van der Waals surface area contributed by atoms with Gasteiger partial charge in [-0.1, -0.05) is 58.9 Å². The minimum Gasteiger partial charge on any atom is -0.0625 e. The summed E-state index contributed by atoms with van der Waals surface area (Å²) in [6.45, 7) is 11.7. The summed E-state index contributed by atoms with van der Waals surface area (Å²) in [6, 6.07) is 9.38. The van der Waals surface area contributed by atoms with E-state index in [1.807, 2.05) is 0 Å². The van der Waals surface area contributed by atoms with Gasteiger partial charge >= 0.3 is 0 Å². The predicted octanol–water partition coefficient (Wildman–Crippen LogP) is 5.81. The lowest BCUT2D eigenvalue weighted by molar-refractivity contribution is 0.391. The summed E-state index contributed by atoms with van der Waals surface area (Å²) >= 11 is 0. The Morgan fingerprint density at radius 2 is 1.89 bits per heavy atom. The molecular formula is C19H30. The van der Waals surface area contributed by atoms with E-state index in [1.54, 1.807) is 5.56 Å². The summed E-state index contributed by atoms with van der Waals surface area (Å²) in [5.74, 6) is 2.60. The Hall–Kier alpha value is -0.780. The predicted molar refractivity (Wildman–Crippen MR) is 84.5 cm³/mol. The standard InChI is InChI=1S/C19H30/c1-14(2)16-9-10-18(12-16)17-8-6-7-15(11-17)13-19(3,4)5/h6-8,11,14,16,18H,9-10,12-13H2,1-5H3. The molecule has 1 aromatic carbocycles. The molecule has 0 aromatic heterocycles. The van der Waals surface area contributed by atoms with Gasteiger partial charge < -0.3 is 0 Å². The van der Waals surface area contributed by atoms with Crippen LogP contribution in [0.5, 0.6) is 0 Å². The summed E-state index contributed by atoms with van der Waals surface area (Å²) in [5.41, 5.74) is 3.48. The Labute approximate surface area is 119 Å². The molecule has 0 heterocycles. The fourth-order valence-electron chi connectivity index (χ4n) is 3.49. The van der Waals surface area contributed by atoms with Crippen LogP contribution in [0.15, 0.2) is 24.3 Å². The quantitative estimate of drug-likeness (QED) is 0.641. The molecule has 1 aliphatic carbocycles. The molecule has 1 fully saturated rings. The third-order valence-corrected chi connectivity index (χ3v) is 4.57. The summed E-state index contributed by atoms with van der Waals surface area (Å²) in [6.07, 6.45) is 5.39. The third-order valence-electron chi connectivity index (χ3n) is 4.57. The van der Waals surface area contributed by atoms with Gasteiger partial charge in [-0.25, -0.2) is 0 Å². The Morgan fingerprint density at radius 3 is 2.47 bits per heavy atom. The minimum absolute atomic E-state index is 0.384. The SMILES string of the molecule is CC(C)C1CCC(c2cccc(CC(C)(C)C)c2)C1. The van der Waals surface area contributed by atoms with E-state index in [-0.39, 0.29) is 0 Å². The van der Waals surface area contributed by atoms with Crippen LogP contribution in [0.25, 0.3) is 0 Å². The average Bonchev–Trinajstić information content (AvgIpc) is 2.76. The smallest absolute Gasteiger partial charge is 0.0159 e. The molecular weight excluding hydrogens is 228 g/mol. The zero-order valence-electron chi connectivity index (χ0n) is 13.4. The molecule has 0 radical (unpaired) electrons. The first-order valence-corrected chi connectivity index (χ1v) is 7.94. The van der Waals surface area contributed by atoms with E-state index in [2.05, 4.69) is 58.9 Å². The molecule has 1 saturated carbocycles. The maximum absolute atomic E-state index is 2.47. The van der Waals surface area contributed by atoms with Crippen LogP contribution in [0.1, 0.15) is 70.9 Å². The highest BCUT2D eigenvalue weighted by atomic mass is 14.3. The molecule has 0 nitrogen and oxygen atoms in total. The monoisotopic (exact) mass is 258 g/mol. The molecule has 0 N–H and O–H groups in total. The van der Waals surface area contributed by atoms with Gasteiger partial charge in [0, 0.05) is 0 Å². The van der Waals surface area contributed by atoms with E-state index in [1.165, 1.54) is 31.2 Å². The Morgan fingerprint density at radius 1 is 1.16 bits per heavy atom. The molecule has 1 aromatic rings. The summed E-state index contributed by atoms with van der Waals surface area (Å²) in [5, 5.41) is 0. The second kappa shape index (κ2) is 5.69. The fourth-order valence-corrected chi connectivity index (χ4v) is 3.49. The summed E-state index contributed by atoms with van der Waals surface area (Å²) in [7, 11) is 0. The van der Waals surface area contributed by atoms with Crippen LogP contribution in [-0.4, -0.2) is 0 Å². The lowest BCUT2D eigenvalue weighted by atomic mass is 9.86. The second-order valence-corrected chi connectivity index (χ2v) is 8.00. The van der Waals surface area contributed by atoms with Crippen molar-refractivity contribution in [2.45, 2.75) is 66.2 Å². The number of benzene rings is 1. The van der Waals surface area contributed by atoms with Gasteiger partial charge in [-0.15, -0.1) is 0 Å². The molecule has 0 saturated heterocycles. The van der Waals surface area contributed by atoms with Crippen LogP contribution in [0, 0.1) is 17.3 Å². The highest BCUT2D eigenvalue weighted by molar-refractivity contribution is 5.28. The van der Waals surface area contributed by atoms with Crippen LogP contribution in [-0.2, 0) is 6.42 Å². The molecule has 0 heteroatoms. The molecule has 2 atom stereocenters. The van der Waals surface area contributed by atoms with Crippen molar-refractivity contribution in [3.05, 3.63) is 35.4 Å². The van der Waals surface area contributed by atoms with Gasteiger partial charge in [0.25, 0.3) is 0 Å². The molecule has 19 heavy (non-hydrogen) atoms. The molecule has 2 unspecified atom stereocenters. The van der Waals surface area contributed by atoms with Crippen molar-refractivity contribution in [3.63, 3.8) is 0 Å². The number of hydrogen-bond donors (Lipinski definition) is 0. The van der Waals surface area contributed by atoms with Crippen LogP contribution < -0.4 is 0 Å². The van der Waals surface area contributed by atoms with E-state index < -0.39 is 0 Å². The number of rotatable bonds is 3. The van der Waals surface area contributed by atoms with Gasteiger partial charge in [0.15, 0.2) is 0 Å². The molecule has 2 rings (SSSR count). The zero-order chi connectivity index (χ0) is 14.0. The second-order valence-electron chi connectivity index (χ2n) is 8.00. The van der Waals surface area contributed by atoms with Gasteiger partial charge in [0.05, 0.1) is 0 Å². The average molecular weight is 258 g/mol. The molecule has 0 aliphatic heterocycles. The van der Waals surface area contributed by atoms with E-state index in [4.69, 9.17) is 0 Å². The van der Waals surface area contributed by atoms with Crippen LogP contribution in [0.4, 0.5) is 0 Å². The van der Waals surface area contributed by atoms with Crippen LogP contribution in [0.2, 0.25) is 0 Å². The van der Waals surface area contributed by atoms with E-state index in [0.717, 1.165) is 17.8 Å². The lowest BCUT2D eigenvalue weighted by Crippen LogP contribution is -2.09. The molecule has 106 valence electrons. The van der Waals surface area contributed by atoms with Crippen LogP contribution in [0.3, 0.4) is 0 Å².